The molecule has 1 aromatic heterocycles. The van der Waals surface area contributed by atoms with Gasteiger partial charge in [-0.25, -0.2) is 0 Å². The van der Waals surface area contributed by atoms with Crippen LogP contribution in [0.25, 0.3) is 0 Å². The first kappa shape index (κ1) is 18.2. The van der Waals surface area contributed by atoms with Crippen LogP contribution in [0, 0.1) is 12.8 Å². The first-order chi connectivity index (χ1) is 8.15. The third kappa shape index (κ3) is 5.35. The van der Waals surface area contributed by atoms with E-state index in [1.807, 2.05) is 13.0 Å². The van der Waals surface area contributed by atoms with Gasteiger partial charge in [0, 0.05) is 30.0 Å². The van der Waals surface area contributed by atoms with Gasteiger partial charge in [0.05, 0.1) is 0 Å². The Morgan fingerprint density at radius 1 is 1.47 bits per heavy atom. The fraction of sp³-hybridized carbons (Fsp3) is 0.538. The molecule has 0 aliphatic heterocycles. The summed E-state index contributed by atoms with van der Waals surface area (Å²) < 4.78 is 0. The van der Waals surface area contributed by atoms with Gasteiger partial charge in [0.15, 0.2) is 0 Å². The van der Waals surface area contributed by atoms with Gasteiger partial charge in [-0.3, -0.25) is 9.78 Å². The number of aryl methyl sites for hydroxylation is 1. The molecule has 0 unspecified atom stereocenters. The van der Waals surface area contributed by atoms with Crippen molar-refractivity contribution in [1.29, 1.82) is 0 Å². The number of rotatable bonds is 3. The van der Waals surface area contributed by atoms with Crippen molar-refractivity contribution in [2.24, 2.45) is 11.7 Å². The van der Waals surface area contributed by atoms with Gasteiger partial charge in [-0.15, -0.1) is 24.8 Å². The molecule has 0 bridgehead atoms. The van der Waals surface area contributed by atoms with E-state index in [1.54, 1.807) is 12.3 Å². The lowest BCUT2D eigenvalue weighted by atomic mass is 10.00. The lowest BCUT2D eigenvalue weighted by Crippen LogP contribution is -2.28. The number of amides is 1. The summed E-state index contributed by atoms with van der Waals surface area (Å²) in [7, 11) is 0. The van der Waals surface area contributed by atoms with E-state index < -0.39 is 0 Å². The average Bonchev–Trinajstić information content (AvgIpc) is 2.64. The zero-order chi connectivity index (χ0) is 12.3. The first-order valence-electron chi connectivity index (χ1n) is 6.13. The van der Waals surface area contributed by atoms with Crippen molar-refractivity contribution >= 4 is 36.4 Å². The van der Waals surface area contributed by atoms with Crippen LogP contribution in [-0.2, 0) is 4.79 Å². The lowest BCUT2D eigenvalue weighted by molar-refractivity contribution is -0.117. The Labute approximate surface area is 126 Å². The summed E-state index contributed by atoms with van der Waals surface area (Å²) in [6, 6.07) is 3.87. The van der Waals surface area contributed by atoms with E-state index in [4.69, 9.17) is 5.73 Å². The molecule has 108 valence electrons. The van der Waals surface area contributed by atoms with E-state index in [1.165, 1.54) is 0 Å². The Kier molecular flexibility index (Phi) is 7.99. The molecule has 0 aromatic carbocycles. The standard InChI is InChI=1S/C13H19N3O.2ClH/c1-9-7-11(5-6-15-9)16-13(17)8-10-3-2-4-12(10)14;;/h5-7,10,12H,2-4,8,14H2,1H3,(H,15,16,17);2*1H/t10-,12+;;/m0../s1. The van der Waals surface area contributed by atoms with Crippen molar-refractivity contribution in [3.63, 3.8) is 0 Å². The smallest absolute Gasteiger partial charge is 0.224 e. The number of hydrogen-bond donors (Lipinski definition) is 2. The molecule has 1 aliphatic rings. The Morgan fingerprint density at radius 2 is 2.21 bits per heavy atom. The van der Waals surface area contributed by atoms with Crippen molar-refractivity contribution in [1.82, 2.24) is 4.98 Å². The van der Waals surface area contributed by atoms with Gasteiger partial charge in [0.1, 0.15) is 0 Å². The fourth-order valence-electron chi connectivity index (χ4n) is 2.39. The number of nitrogens with one attached hydrogen (secondary N) is 1. The summed E-state index contributed by atoms with van der Waals surface area (Å²) in [6.45, 7) is 1.91. The number of carbonyl (C=O) groups excluding carboxylic acids is 1. The molecule has 2 rings (SSSR count). The van der Waals surface area contributed by atoms with Crippen LogP contribution >= 0.6 is 24.8 Å². The molecule has 0 saturated heterocycles. The van der Waals surface area contributed by atoms with E-state index in [0.717, 1.165) is 30.6 Å². The molecule has 1 aromatic rings. The Balaban J connectivity index is 0.00000162. The normalized spacial score (nSPS) is 21.2. The van der Waals surface area contributed by atoms with Crippen LogP contribution in [0.15, 0.2) is 18.3 Å². The topological polar surface area (TPSA) is 68.0 Å². The highest BCUT2D eigenvalue weighted by Gasteiger charge is 2.25. The Morgan fingerprint density at radius 3 is 2.79 bits per heavy atom. The molecule has 6 heteroatoms. The molecule has 2 atom stereocenters. The minimum atomic E-state index is 0. The van der Waals surface area contributed by atoms with Crippen LogP contribution in [0.1, 0.15) is 31.4 Å². The number of nitrogens with zero attached hydrogens (tertiary/aromatic N) is 1. The van der Waals surface area contributed by atoms with Crippen molar-refractivity contribution in [3.05, 3.63) is 24.0 Å². The fourth-order valence-corrected chi connectivity index (χ4v) is 2.39. The molecule has 1 saturated carbocycles. The second-order valence-corrected chi connectivity index (χ2v) is 4.79. The van der Waals surface area contributed by atoms with Gasteiger partial charge in [0.2, 0.25) is 5.91 Å². The van der Waals surface area contributed by atoms with Crippen LogP contribution in [-0.4, -0.2) is 16.9 Å². The molecule has 1 amide bonds. The second kappa shape index (κ2) is 8.35. The molecular weight excluding hydrogens is 285 g/mol. The predicted molar refractivity (Wildman–Crippen MR) is 82.0 cm³/mol. The highest BCUT2D eigenvalue weighted by Crippen LogP contribution is 2.27. The lowest BCUT2D eigenvalue weighted by Gasteiger charge is -2.14. The number of nitrogens with two attached hydrogens (primary N) is 1. The third-order valence-electron chi connectivity index (χ3n) is 3.35. The van der Waals surface area contributed by atoms with Crippen molar-refractivity contribution in [2.75, 3.05) is 5.32 Å². The van der Waals surface area contributed by atoms with E-state index in [2.05, 4.69) is 10.3 Å². The Bertz CT molecular complexity index is 415. The van der Waals surface area contributed by atoms with Crippen molar-refractivity contribution < 1.29 is 4.79 Å². The summed E-state index contributed by atoms with van der Waals surface area (Å²) in [5.41, 5.74) is 7.67. The average molecular weight is 306 g/mol. The van der Waals surface area contributed by atoms with E-state index in [9.17, 15) is 4.79 Å². The van der Waals surface area contributed by atoms with Gasteiger partial charge in [-0.05, 0) is 37.8 Å². The van der Waals surface area contributed by atoms with E-state index in [-0.39, 0.29) is 36.8 Å². The minimum Gasteiger partial charge on any atom is -0.327 e. The highest BCUT2D eigenvalue weighted by molar-refractivity contribution is 5.90. The van der Waals surface area contributed by atoms with Crippen LogP contribution in [0.2, 0.25) is 0 Å². The van der Waals surface area contributed by atoms with E-state index in [0.29, 0.717) is 12.3 Å². The van der Waals surface area contributed by atoms with Crippen molar-refractivity contribution in [2.45, 2.75) is 38.6 Å². The zero-order valence-electron chi connectivity index (χ0n) is 11.0. The van der Waals surface area contributed by atoms with Gasteiger partial charge in [-0.1, -0.05) is 6.42 Å². The second-order valence-electron chi connectivity index (χ2n) is 4.79. The predicted octanol–water partition coefficient (Wildman–Crippen LogP) is 2.69. The number of anilines is 1. The quantitative estimate of drug-likeness (QED) is 0.902. The summed E-state index contributed by atoms with van der Waals surface area (Å²) in [5, 5.41) is 2.90. The largest absolute Gasteiger partial charge is 0.327 e. The number of aromatic nitrogens is 1. The molecular formula is C13H21Cl2N3O. The molecule has 1 aliphatic carbocycles. The van der Waals surface area contributed by atoms with Crippen LogP contribution in [0.5, 0.6) is 0 Å². The molecule has 4 nitrogen and oxygen atoms in total. The highest BCUT2D eigenvalue weighted by atomic mass is 35.5. The molecule has 3 N–H and O–H groups in total. The molecule has 0 radical (unpaired) electrons. The monoisotopic (exact) mass is 305 g/mol. The zero-order valence-corrected chi connectivity index (χ0v) is 12.6. The van der Waals surface area contributed by atoms with Crippen LogP contribution in [0.4, 0.5) is 5.69 Å². The maximum Gasteiger partial charge on any atom is 0.224 e. The van der Waals surface area contributed by atoms with E-state index >= 15 is 0 Å². The number of pyridine rings is 1. The first-order valence-corrected chi connectivity index (χ1v) is 6.13. The molecule has 1 heterocycles. The number of hydrogen-bond acceptors (Lipinski definition) is 3. The summed E-state index contributed by atoms with van der Waals surface area (Å²) in [4.78, 5) is 15.9. The summed E-state index contributed by atoms with van der Waals surface area (Å²) in [6.07, 6.45) is 5.50. The Hall–Kier alpha value is -0.840. The van der Waals surface area contributed by atoms with Crippen LogP contribution in [0.3, 0.4) is 0 Å². The minimum absolute atomic E-state index is 0. The van der Waals surface area contributed by atoms with Crippen molar-refractivity contribution in [3.8, 4) is 0 Å². The maximum atomic E-state index is 11.8. The van der Waals surface area contributed by atoms with Gasteiger partial charge < -0.3 is 11.1 Å². The van der Waals surface area contributed by atoms with Gasteiger partial charge in [-0.2, -0.15) is 0 Å². The van der Waals surface area contributed by atoms with Gasteiger partial charge >= 0.3 is 0 Å². The summed E-state index contributed by atoms with van der Waals surface area (Å²) in [5.74, 6) is 0.399. The number of halogens is 2. The third-order valence-corrected chi connectivity index (χ3v) is 3.35. The van der Waals surface area contributed by atoms with Crippen LogP contribution < -0.4 is 11.1 Å². The molecule has 19 heavy (non-hydrogen) atoms. The maximum absolute atomic E-state index is 11.8. The SMILES string of the molecule is Cc1cc(NC(=O)C[C@@H]2CCC[C@H]2N)ccn1.Cl.Cl. The van der Waals surface area contributed by atoms with Gasteiger partial charge in [0.25, 0.3) is 0 Å². The molecule has 1 fully saturated rings. The number of carbonyl (C=O) groups is 1. The summed E-state index contributed by atoms with van der Waals surface area (Å²) >= 11 is 0. The molecule has 0 spiro atoms.